The molecule has 0 aliphatic heterocycles. The van der Waals surface area contributed by atoms with Crippen LogP contribution in [-0.4, -0.2) is 24.8 Å². The first-order valence-electron chi connectivity index (χ1n) is 5.87. The van der Waals surface area contributed by atoms with E-state index in [2.05, 4.69) is 43.1 Å². The van der Waals surface area contributed by atoms with Gasteiger partial charge in [-0.2, -0.15) is 0 Å². The van der Waals surface area contributed by atoms with Crippen molar-refractivity contribution >= 4 is 11.5 Å². The highest BCUT2D eigenvalue weighted by Gasteiger charge is 2.02. The Hall–Kier alpha value is -1.31. The number of amidine groups is 1. The van der Waals surface area contributed by atoms with Crippen molar-refractivity contribution in [2.45, 2.75) is 33.1 Å². The molecule has 0 aliphatic carbocycles. The Kier molecular flexibility index (Phi) is 4.53. The quantitative estimate of drug-likeness (QED) is 0.556. The largest absolute Gasteiger partial charge is 0.366 e. The van der Waals surface area contributed by atoms with Gasteiger partial charge in [0, 0.05) is 14.1 Å². The Bertz CT molecular complexity index is 350. The van der Waals surface area contributed by atoms with E-state index in [0.29, 0.717) is 5.92 Å². The molecule has 0 heterocycles. The van der Waals surface area contributed by atoms with Crippen LogP contribution in [0.3, 0.4) is 0 Å². The molecule has 2 nitrogen and oxygen atoms in total. The standard InChI is InChI=1S/C14H22N2/c1-6-11(2)13-7-9-14(10-8-13)15-12(3)16(4)5/h7-11H,6H2,1-5H3/b15-12+. The van der Waals surface area contributed by atoms with Crippen LogP contribution in [0.1, 0.15) is 38.7 Å². The summed E-state index contributed by atoms with van der Waals surface area (Å²) in [6, 6.07) is 8.54. The zero-order chi connectivity index (χ0) is 12.1. The number of aliphatic imine (C=N–C) groups is 1. The van der Waals surface area contributed by atoms with Gasteiger partial charge in [0.1, 0.15) is 5.84 Å². The van der Waals surface area contributed by atoms with Gasteiger partial charge in [0.2, 0.25) is 0 Å². The van der Waals surface area contributed by atoms with Crippen molar-refractivity contribution in [3.63, 3.8) is 0 Å². The zero-order valence-corrected chi connectivity index (χ0v) is 11.0. The third-order valence-electron chi connectivity index (χ3n) is 3.01. The van der Waals surface area contributed by atoms with Gasteiger partial charge in [0.15, 0.2) is 0 Å². The Morgan fingerprint density at radius 3 is 2.25 bits per heavy atom. The number of benzene rings is 1. The summed E-state index contributed by atoms with van der Waals surface area (Å²) in [5, 5.41) is 0. The first-order valence-corrected chi connectivity index (χ1v) is 5.87. The summed E-state index contributed by atoms with van der Waals surface area (Å²) in [5.74, 6) is 1.66. The molecule has 0 bridgehead atoms. The van der Waals surface area contributed by atoms with Crippen molar-refractivity contribution in [1.29, 1.82) is 0 Å². The van der Waals surface area contributed by atoms with Crippen molar-refractivity contribution in [2.75, 3.05) is 14.1 Å². The van der Waals surface area contributed by atoms with E-state index in [-0.39, 0.29) is 0 Å². The molecule has 1 unspecified atom stereocenters. The number of hydrogen-bond acceptors (Lipinski definition) is 1. The van der Waals surface area contributed by atoms with Gasteiger partial charge in [-0.1, -0.05) is 26.0 Å². The minimum absolute atomic E-state index is 0.632. The van der Waals surface area contributed by atoms with E-state index in [1.54, 1.807) is 0 Å². The summed E-state index contributed by atoms with van der Waals surface area (Å²) in [7, 11) is 4.01. The van der Waals surface area contributed by atoms with E-state index in [4.69, 9.17) is 0 Å². The van der Waals surface area contributed by atoms with E-state index in [0.717, 1.165) is 11.5 Å². The Balaban J connectivity index is 2.83. The van der Waals surface area contributed by atoms with Gasteiger partial charge in [-0.05, 0) is 37.0 Å². The number of nitrogens with zero attached hydrogens (tertiary/aromatic N) is 2. The van der Waals surface area contributed by atoms with Gasteiger partial charge < -0.3 is 4.90 Å². The molecule has 0 saturated heterocycles. The lowest BCUT2D eigenvalue weighted by Gasteiger charge is -2.12. The molecule has 1 aromatic carbocycles. The average molecular weight is 218 g/mol. The Morgan fingerprint density at radius 2 is 1.81 bits per heavy atom. The Labute approximate surface area is 99.0 Å². The molecule has 1 aromatic rings. The van der Waals surface area contributed by atoms with Crippen LogP contribution in [0.5, 0.6) is 0 Å². The molecule has 0 spiro atoms. The van der Waals surface area contributed by atoms with Gasteiger partial charge >= 0.3 is 0 Å². The highest BCUT2D eigenvalue weighted by molar-refractivity contribution is 5.81. The molecule has 16 heavy (non-hydrogen) atoms. The van der Waals surface area contributed by atoms with Gasteiger partial charge in [-0.3, -0.25) is 0 Å². The molecule has 0 aliphatic rings. The normalized spacial score (nSPS) is 13.7. The molecule has 0 saturated carbocycles. The number of rotatable bonds is 3. The maximum atomic E-state index is 4.53. The van der Waals surface area contributed by atoms with Crippen LogP contribution < -0.4 is 0 Å². The van der Waals surface area contributed by atoms with Crippen molar-refractivity contribution in [1.82, 2.24) is 4.90 Å². The molecule has 0 amide bonds. The second kappa shape index (κ2) is 5.69. The van der Waals surface area contributed by atoms with Crippen LogP contribution in [0.15, 0.2) is 29.3 Å². The molecule has 0 aromatic heterocycles. The third kappa shape index (κ3) is 3.37. The minimum Gasteiger partial charge on any atom is -0.366 e. The second-order valence-corrected chi connectivity index (χ2v) is 4.45. The summed E-state index contributed by atoms with van der Waals surface area (Å²) in [4.78, 5) is 6.54. The first kappa shape index (κ1) is 12.8. The molecule has 0 N–H and O–H groups in total. The summed E-state index contributed by atoms with van der Waals surface area (Å²) in [6.45, 7) is 6.48. The van der Waals surface area contributed by atoms with Crippen molar-refractivity contribution in [2.24, 2.45) is 4.99 Å². The molecular formula is C14H22N2. The lowest BCUT2D eigenvalue weighted by molar-refractivity contribution is 0.619. The molecule has 88 valence electrons. The Morgan fingerprint density at radius 1 is 1.25 bits per heavy atom. The summed E-state index contributed by atoms with van der Waals surface area (Å²) in [5.41, 5.74) is 2.42. The van der Waals surface area contributed by atoms with E-state index < -0.39 is 0 Å². The molecular weight excluding hydrogens is 196 g/mol. The van der Waals surface area contributed by atoms with Gasteiger partial charge in [-0.25, -0.2) is 4.99 Å². The zero-order valence-electron chi connectivity index (χ0n) is 11.0. The maximum Gasteiger partial charge on any atom is 0.101 e. The smallest absolute Gasteiger partial charge is 0.101 e. The topological polar surface area (TPSA) is 15.6 Å². The van der Waals surface area contributed by atoms with Crippen LogP contribution in [0, 0.1) is 0 Å². The van der Waals surface area contributed by atoms with Crippen LogP contribution in [0.4, 0.5) is 5.69 Å². The number of hydrogen-bond donors (Lipinski definition) is 0. The first-order chi connectivity index (χ1) is 7.54. The van der Waals surface area contributed by atoms with Crippen LogP contribution >= 0.6 is 0 Å². The van der Waals surface area contributed by atoms with Gasteiger partial charge in [0.05, 0.1) is 5.69 Å². The molecule has 1 rings (SSSR count). The summed E-state index contributed by atoms with van der Waals surface area (Å²) >= 11 is 0. The molecule has 1 atom stereocenters. The summed E-state index contributed by atoms with van der Waals surface area (Å²) in [6.07, 6.45) is 1.18. The minimum atomic E-state index is 0.632. The van der Waals surface area contributed by atoms with Crippen LogP contribution in [-0.2, 0) is 0 Å². The average Bonchev–Trinajstić information content (AvgIpc) is 2.28. The van der Waals surface area contributed by atoms with E-state index in [1.165, 1.54) is 12.0 Å². The predicted octanol–water partition coefficient (Wildman–Crippen LogP) is 3.81. The lowest BCUT2D eigenvalue weighted by atomic mass is 9.99. The predicted molar refractivity (Wildman–Crippen MR) is 71.6 cm³/mol. The fourth-order valence-electron chi connectivity index (χ4n) is 1.40. The lowest BCUT2D eigenvalue weighted by Crippen LogP contribution is -2.17. The summed E-state index contributed by atoms with van der Waals surface area (Å²) < 4.78 is 0. The molecule has 2 heteroatoms. The third-order valence-corrected chi connectivity index (χ3v) is 3.01. The molecule has 0 radical (unpaired) electrons. The van der Waals surface area contributed by atoms with Gasteiger partial charge in [0.25, 0.3) is 0 Å². The highest BCUT2D eigenvalue weighted by atomic mass is 15.1. The van der Waals surface area contributed by atoms with E-state index in [1.807, 2.05) is 25.9 Å². The monoisotopic (exact) mass is 218 g/mol. The fraction of sp³-hybridized carbons (Fsp3) is 0.500. The second-order valence-electron chi connectivity index (χ2n) is 4.45. The van der Waals surface area contributed by atoms with E-state index in [9.17, 15) is 0 Å². The van der Waals surface area contributed by atoms with Crippen molar-refractivity contribution in [3.05, 3.63) is 29.8 Å². The fourth-order valence-corrected chi connectivity index (χ4v) is 1.40. The van der Waals surface area contributed by atoms with Crippen molar-refractivity contribution in [3.8, 4) is 0 Å². The van der Waals surface area contributed by atoms with Gasteiger partial charge in [-0.15, -0.1) is 0 Å². The maximum absolute atomic E-state index is 4.53. The van der Waals surface area contributed by atoms with Crippen LogP contribution in [0.2, 0.25) is 0 Å². The van der Waals surface area contributed by atoms with Crippen molar-refractivity contribution < 1.29 is 0 Å². The molecule has 0 fully saturated rings. The SMILES string of the molecule is CCC(C)c1ccc(/N=C(\C)N(C)C)cc1. The van der Waals surface area contributed by atoms with E-state index >= 15 is 0 Å². The van der Waals surface area contributed by atoms with Crippen LogP contribution in [0.25, 0.3) is 0 Å². The highest BCUT2D eigenvalue weighted by Crippen LogP contribution is 2.21.